The molecule has 0 fully saturated rings. The molecule has 5 nitrogen and oxygen atoms in total. The van der Waals surface area contributed by atoms with Gasteiger partial charge in [-0.3, -0.25) is 0 Å². The summed E-state index contributed by atoms with van der Waals surface area (Å²) in [5, 5.41) is 7.67. The van der Waals surface area contributed by atoms with Gasteiger partial charge in [-0.15, -0.1) is 0 Å². The van der Waals surface area contributed by atoms with Gasteiger partial charge in [-0.1, -0.05) is 45.7 Å². The Bertz CT molecular complexity index is 1200. The molecule has 0 spiro atoms. The van der Waals surface area contributed by atoms with Crippen molar-refractivity contribution >= 4 is 33.2 Å². The summed E-state index contributed by atoms with van der Waals surface area (Å²) in [5.41, 5.74) is 4.00. The number of hydrogen-bond acceptors (Lipinski definition) is 5. The molecule has 0 radical (unpaired) electrons. The molecule has 3 heterocycles. The topological polar surface area (TPSA) is 43.3 Å². The van der Waals surface area contributed by atoms with Crippen molar-refractivity contribution in [2.75, 3.05) is 6.79 Å². The van der Waals surface area contributed by atoms with Gasteiger partial charge in [0.15, 0.2) is 11.5 Å². The van der Waals surface area contributed by atoms with Crippen LogP contribution in [0.2, 0.25) is 5.02 Å². The van der Waals surface area contributed by atoms with E-state index in [0.717, 1.165) is 50.5 Å². The second-order valence-electron chi connectivity index (χ2n) is 7.39. The molecule has 3 aliphatic heterocycles. The molecule has 0 aliphatic carbocycles. The van der Waals surface area contributed by atoms with Crippen molar-refractivity contribution in [3.05, 3.63) is 86.8 Å². The van der Waals surface area contributed by atoms with E-state index in [-0.39, 0.29) is 12.8 Å². The molecule has 0 saturated carbocycles. The van der Waals surface area contributed by atoms with Gasteiger partial charge in [0.25, 0.3) is 0 Å². The molecule has 3 aromatic carbocycles. The molecule has 0 amide bonds. The van der Waals surface area contributed by atoms with E-state index in [1.807, 2.05) is 59.6 Å². The fraction of sp³-hybridized carbons (Fsp3) is 0.174. The van der Waals surface area contributed by atoms with Crippen LogP contribution in [-0.4, -0.2) is 17.5 Å². The number of ether oxygens (including phenoxy) is 3. The lowest BCUT2D eigenvalue weighted by molar-refractivity contribution is -0.0190. The third kappa shape index (κ3) is 2.86. The Balaban J connectivity index is 1.45. The number of nitrogens with zero attached hydrogens (tertiary/aromatic N) is 2. The number of halogens is 2. The summed E-state index contributed by atoms with van der Waals surface area (Å²) >= 11 is 10.1. The summed E-state index contributed by atoms with van der Waals surface area (Å²) in [6.07, 6.45) is 0.358. The van der Waals surface area contributed by atoms with Gasteiger partial charge in [0.2, 0.25) is 13.0 Å². The molecular formula is C23H16BrClN2O3. The van der Waals surface area contributed by atoms with Crippen molar-refractivity contribution in [3.63, 3.8) is 0 Å². The maximum absolute atomic E-state index is 6.52. The van der Waals surface area contributed by atoms with E-state index in [0.29, 0.717) is 5.02 Å². The Labute approximate surface area is 186 Å². The van der Waals surface area contributed by atoms with E-state index in [4.69, 9.17) is 30.9 Å². The molecule has 0 saturated heterocycles. The maximum Gasteiger partial charge on any atom is 0.231 e. The van der Waals surface area contributed by atoms with Crippen LogP contribution >= 0.6 is 27.5 Å². The lowest BCUT2D eigenvalue weighted by Gasteiger charge is -2.38. The predicted octanol–water partition coefficient (Wildman–Crippen LogP) is 6.07. The van der Waals surface area contributed by atoms with Gasteiger partial charge < -0.3 is 14.2 Å². The molecule has 7 heteroatoms. The number of benzene rings is 3. The van der Waals surface area contributed by atoms with Crippen LogP contribution in [0.5, 0.6) is 17.2 Å². The summed E-state index contributed by atoms with van der Waals surface area (Å²) in [4.78, 5) is 0. The Morgan fingerprint density at radius 1 is 0.933 bits per heavy atom. The van der Waals surface area contributed by atoms with Gasteiger partial charge in [0, 0.05) is 32.6 Å². The first-order chi connectivity index (χ1) is 14.7. The molecule has 6 rings (SSSR count). The van der Waals surface area contributed by atoms with Crippen molar-refractivity contribution in [2.45, 2.75) is 18.7 Å². The third-order valence-electron chi connectivity index (χ3n) is 5.63. The van der Waals surface area contributed by atoms with Gasteiger partial charge in [-0.2, -0.15) is 5.10 Å². The zero-order valence-corrected chi connectivity index (χ0v) is 18.1. The highest BCUT2D eigenvalue weighted by Crippen LogP contribution is 2.49. The van der Waals surface area contributed by atoms with Gasteiger partial charge in [-0.25, -0.2) is 5.01 Å². The van der Waals surface area contributed by atoms with Crippen LogP contribution in [0.15, 0.2) is 70.2 Å². The van der Waals surface area contributed by atoms with Gasteiger partial charge >= 0.3 is 0 Å². The van der Waals surface area contributed by atoms with E-state index in [1.165, 1.54) is 0 Å². The quantitative estimate of drug-likeness (QED) is 0.443. The zero-order chi connectivity index (χ0) is 20.2. The minimum atomic E-state index is -0.399. The van der Waals surface area contributed by atoms with Crippen LogP contribution in [0.25, 0.3) is 0 Å². The summed E-state index contributed by atoms with van der Waals surface area (Å²) < 4.78 is 18.4. The first-order valence-electron chi connectivity index (χ1n) is 9.64. The third-order valence-corrected chi connectivity index (χ3v) is 6.47. The summed E-state index contributed by atoms with van der Waals surface area (Å²) in [6, 6.07) is 19.9. The average molecular weight is 484 g/mol. The van der Waals surface area contributed by atoms with Crippen LogP contribution < -0.4 is 14.2 Å². The lowest BCUT2D eigenvalue weighted by atomic mass is 9.96. The minimum Gasteiger partial charge on any atom is -0.464 e. The van der Waals surface area contributed by atoms with Crippen LogP contribution in [0.1, 0.15) is 35.4 Å². The highest BCUT2D eigenvalue weighted by molar-refractivity contribution is 9.10. The smallest absolute Gasteiger partial charge is 0.231 e. The number of hydrazone groups is 1. The molecule has 2 unspecified atom stereocenters. The van der Waals surface area contributed by atoms with Gasteiger partial charge in [-0.05, 0) is 42.5 Å². The fourth-order valence-corrected chi connectivity index (χ4v) is 4.80. The summed E-state index contributed by atoms with van der Waals surface area (Å²) in [7, 11) is 0. The molecular weight excluding hydrogens is 468 g/mol. The molecule has 0 aromatic heterocycles. The Hall–Kier alpha value is -2.70. The van der Waals surface area contributed by atoms with E-state index in [9.17, 15) is 0 Å². The fourth-order valence-electron chi connectivity index (χ4n) is 4.19. The highest BCUT2D eigenvalue weighted by Gasteiger charge is 2.41. The molecule has 2 atom stereocenters. The molecule has 150 valence electrons. The molecule has 3 aliphatic rings. The van der Waals surface area contributed by atoms with Crippen LogP contribution in [0.4, 0.5) is 0 Å². The van der Waals surface area contributed by atoms with Crippen molar-refractivity contribution < 1.29 is 14.2 Å². The molecule has 3 aromatic rings. The van der Waals surface area contributed by atoms with Crippen LogP contribution in [0, 0.1) is 0 Å². The Morgan fingerprint density at radius 2 is 1.77 bits per heavy atom. The summed E-state index contributed by atoms with van der Waals surface area (Å²) in [5.74, 6) is 2.37. The first-order valence-corrected chi connectivity index (χ1v) is 10.8. The zero-order valence-electron chi connectivity index (χ0n) is 15.7. The second-order valence-corrected chi connectivity index (χ2v) is 8.71. The van der Waals surface area contributed by atoms with Crippen LogP contribution in [0.3, 0.4) is 0 Å². The van der Waals surface area contributed by atoms with Crippen molar-refractivity contribution in [3.8, 4) is 17.2 Å². The van der Waals surface area contributed by atoms with Gasteiger partial charge in [0.05, 0.1) is 11.8 Å². The van der Waals surface area contributed by atoms with E-state index in [2.05, 4.69) is 22.0 Å². The van der Waals surface area contributed by atoms with E-state index in [1.54, 1.807) is 0 Å². The minimum absolute atomic E-state index is 0.0490. The normalized spacial score (nSPS) is 21.0. The van der Waals surface area contributed by atoms with Gasteiger partial charge in [0.1, 0.15) is 5.75 Å². The Morgan fingerprint density at radius 3 is 2.67 bits per heavy atom. The van der Waals surface area contributed by atoms with Crippen molar-refractivity contribution in [1.29, 1.82) is 0 Å². The standard InChI is InChI=1S/C23H16BrClN2O3/c24-14-6-8-20-16(10-14)19-11-18(13-5-7-21-22(9-13)29-12-28-21)26-27(19)23(30-20)15-3-1-2-4-17(15)25/h1-10,19,23H,11-12H2. The maximum atomic E-state index is 6.52. The monoisotopic (exact) mass is 482 g/mol. The number of fused-ring (bicyclic) bond motifs is 4. The molecule has 0 bridgehead atoms. The SMILES string of the molecule is Clc1ccccc1C1Oc2ccc(Br)cc2C2CC(c3ccc4c(c3)OCO4)=NN21. The molecule has 0 N–H and O–H groups in total. The number of rotatable bonds is 2. The van der Waals surface area contributed by atoms with Crippen LogP contribution in [-0.2, 0) is 0 Å². The van der Waals surface area contributed by atoms with Crippen molar-refractivity contribution in [1.82, 2.24) is 5.01 Å². The van der Waals surface area contributed by atoms with E-state index < -0.39 is 6.23 Å². The second kappa shape index (κ2) is 6.93. The molecule has 30 heavy (non-hydrogen) atoms. The van der Waals surface area contributed by atoms with Crippen molar-refractivity contribution in [2.24, 2.45) is 5.10 Å². The lowest BCUT2D eigenvalue weighted by Crippen LogP contribution is -2.33. The number of hydrogen-bond donors (Lipinski definition) is 0. The highest BCUT2D eigenvalue weighted by atomic mass is 79.9. The Kier molecular flexibility index (Phi) is 4.18. The first kappa shape index (κ1) is 18.1. The predicted molar refractivity (Wildman–Crippen MR) is 117 cm³/mol. The van der Waals surface area contributed by atoms with E-state index >= 15 is 0 Å². The average Bonchev–Trinajstić information content (AvgIpc) is 3.40. The summed E-state index contributed by atoms with van der Waals surface area (Å²) in [6.45, 7) is 0.254. The largest absolute Gasteiger partial charge is 0.464 e.